The van der Waals surface area contributed by atoms with Crippen LogP contribution in [-0.4, -0.2) is 4.98 Å². The maximum atomic E-state index is 13.0. The highest BCUT2D eigenvalue weighted by molar-refractivity contribution is 5.53. The average Bonchev–Trinajstić information content (AvgIpc) is 2.46. The zero-order valence-corrected chi connectivity index (χ0v) is 12.2. The molecule has 1 aromatic carbocycles. The van der Waals surface area contributed by atoms with Gasteiger partial charge < -0.3 is 5.32 Å². The van der Waals surface area contributed by atoms with Crippen molar-refractivity contribution in [3.05, 3.63) is 59.7 Å². The first kappa shape index (κ1) is 14.5. The molecule has 2 nitrogen and oxygen atoms in total. The highest BCUT2D eigenvalue weighted by Gasteiger charge is 2.13. The van der Waals surface area contributed by atoms with E-state index in [1.54, 1.807) is 6.07 Å². The van der Waals surface area contributed by atoms with Gasteiger partial charge in [-0.3, -0.25) is 4.98 Å². The third-order valence-electron chi connectivity index (χ3n) is 3.43. The number of halogens is 1. The van der Waals surface area contributed by atoms with Crippen LogP contribution in [0.2, 0.25) is 0 Å². The Morgan fingerprint density at radius 1 is 1.15 bits per heavy atom. The number of nitrogens with one attached hydrogen (secondary N) is 1. The Hall–Kier alpha value is -1.90. The quantitative estimate of drug-likeness (QED) is 0.836. The van der Waals surface area contributed by atoms with Gasteiger partial charge in [0.15, 0.2) is 0 Å². The van der Waals surface area contributed by atoms with Crippen LogP contribution < -0.4 is 5.32 Å². The van der Waals surface area contributed by atoms with E-state index in [4.69, 9.17) is 0 Å². The second kappa shape index (κ2) is 6.51. The number of para-hydroxylation sites is 1. The van der Waals surface area contributed by atoms with Crippen LogP contribution in [0.3, 0.4) is 0 Å². The van der Waals surface area contributed by atoms with E-state index in [1.807, 2.05) is 6.07 Å². The van der Waals surface area contributed by atoms with E-state index in [9.17, 15) is 4.39 Å². The Morgan fingerprint density at radius 3 is 2.50 bits per heavy atom. The van der Waals surface area contributed by atoms with Gasteiger partial charge in [-0.25, -0.2) is 4.39 Å². The van der Waals surface area contributed by atoms with Crippen LogP contribution in [0.1, 0.15) is 50.4 Å². The normalized spacial score (nSPS) is 12.4. The van der Waals surface area contributed by atoms with Crippen molar-refractivity contribution in [2.24, 2.45) is 0 Å². The zero-order chi connectivity index (χ0) is 14.5. The average molecular weight is 272 g/mol. The van der Waals surface area contributed by atoms with E-state index in [-0.39, 0.29) is 11.9 Å². The molecular weight excluding hydrogens is 251 g/mol. The molecule has 1 N–H and O–H groups in total. The topological polar surface area (TPSA) is 24.9 Å². The third kappa shape index (κ3) is 3.35. The summed E-state index contributed by atoms with van der Waals surface area (Å²) in [6.07, 6.45) is 2.17. The van der Waals surface area contributed by atoms with E-state index < -0.39 is 0 Å². The molecule has 0 spiro atoms. The van der Waals surface area contributed by atoms with E-state index in [2.05, 4.69) is 49.3 Å². The minimum absolute atomic E-state index is 0.0931. The monoisotopic (exact) mass is 272 g/mol. The van der Waals surface area contributed by atoms with Crippen LogP contribution in [0.4, 0.5) is 10.1 Å². The highest BCUT2D eigenvalue weighted by Crippen LogP contribution is 2.28. The molecular formula is C17H21FN2. The van der Waals surface area contributed by atoms with Crippen molar-refractivity contribution in [2.75, 3.05) is 5.32 Å². The Kier molecular flexibility index (Phi) is 4.72. The predicted octanol–water partition coefficient (Wildman–Crippen LogP) is 4.91. The number of aromatic nitrogens is 1. The van der Waals surface area contributed by atoms with Crippen molar-refractivity contribution in [1.29, 1.82) is 0 Å². The number of hydrogen-bond acceptors (Lipinski definition) is 2. The van der Waals surface area contributed by atoms with Crippen LogP contribution in [0.5, 0.6) is 0 Å². The van der Waals surface area contributed by atoms with Crippen LogP contribution in [0.25, 0.3) is 0 Å². The standard InChI is InChI=1S/C17H21FN2/c1-4-15(17-10-9-13(18)11-19-17)20-16-8-6-5-7-14(16)12(2)3/h5-12,15,20H,4H2,1-3H3. The lowest BCUT2D eigenvalue weighted by atomic mass is 10.00. The molecule has 2 rings (SSSR count). The minimum atomic E-state index is -0.300. The van der Waals surface area contributed by atoms with Crippen molar-refractivity contribution in [3.8, 4) is 0 Å². The van der Waals surface area contributed by atoms with Crippen molar-refractivity contribution in [1.82, 2.24) is 4.98 Å². The molecule has 3 heteroatoms. The van der Waals surface area contributed by atoms with E-state index in [0.717, 1.165) is 17.8 Å². The molecule has 0 fully saturated rings. The second-order valence-corrected chi connectivity index (χ2v) is 5.25. The smallest absolute Gasteiger partial charge is 0.141 e. The molecule has 106 valence electrons. The molecule has 0 aliphatic carbocycles. The van der Waals surface area contributed by atoms with Crippen molar-refractivity contribution in [2.45, 2.75) is 39.2 Å². The summed E-state index contributed by atoms with van der Waals surface area (Å²) < 4.78 is 13.0. The summed E-state index contributed by atoms with van der Waals surface area (Å²) in [5, 5.41) is 3.53. The van der Waals surface area contributed by atoms with Gasteiger partial charge in [-0.05, 0) is 36.1 Å². The lowest BCUT2D eigenvalue weighted by Crippen LogP contribution is -2.13. The molecule has 1 atom stereocenters. The van der Waals surface area contributed by atoms with Crippen molar-refractivity contribution >= 4 is 5.69 Å². The van der Waals surface area contributed by atoms with Gasteiger partial charge in [-0.2, -0.15) is 0 Å². The first-order valence-corrected chi connectivity index (χ1v) is 7.08. The first-order chi connectivity index (χ1) is 9.61. The Balaban J connectivity index is 2.24. The van der Waals surface area contributed by atoms with Gasteiger partial charge in [0.2, 0.25) is 0 Å². The molecule has 0 saturated carbocycles. The van der Waals surface area contributed by atoms with Crippen LogP contribution in [0, 0.1) is 5.82 Å². The van der Waals surface area contributed by atoms with Crippen LogP contribution in [0.15, 0.2) is 42.6 Å². The fourth-order valence-corrected chi connectivity index (χ4v) is 2.30. The SMILES string of the molecule is CCC(Nc1ccccc1C(C)C)c1ccc(F)cn1. The van der Waals surface area contributed by atoms with E-state index >= 15 is 0 Å². The summed E-state index contributed by atoms with van der Waals surface area (Å²) in [5.74, 6) is 0.156. The maximum Gasteiger partial charge on any atom is 0.141 e. The Labute approximate surface area is 120 Å². The lowest BCUT2D eigenvalue weighted by Gasteiger charge is -2.21. The van der Waals surface area contributed by atoms with Crippen LogP contribution in [-0.2, 0) is 0 Å². The molecule has 0 aliphatic rings. The van der Waals surface area contributed by atoms with Gasteiger partial charge in [-0.1, -0.05) is 39.0 Å². The fraction of sp³-hybridized carbons (Fsp3) is 0.353. The predicted molar refractivity (Wildman–Crippen MR) is 81.4 cm³/mol. The van der Waals surface area contributed by atoms with E-state index in [1.165, 1.54) is 17.8 Å². The molecule has 1 unspecified atom stereocenters. The summed E-state index contributed by atoms with van der Waals surface area (Å²) >= 11 is 0. The third-order valence-corrected chi connectivity index (χ3v) is 3.43. The highest BCUT2D eigenvalue weighted by atomic mass is 19.1. The number of benzene rings is 1. The molecule has 1 heterocycles. The van der Waals surface area contributed by atoms with E-state index in [0.29, 0.717) is 5.92 Å². The molecule has 20 heavy (non-hydrogen) atoms. The largest absolute Gasteiger partial charge is 0.376 e. The molecule has 0 radical (unpaired) electrons. The molecule has 1 aromatic heterocycles. The number of nitrogens with zero attached hydrogens (tertiary/aromatic N) is 1. The zero-order valence-electron chi connectivity index (χ0n) is 12.2. The Morgan fingerprint density at radius 2 is 1.90 bits per heavy atom. The van der Waals surface area contributed by atoms with Crippen molar-refractivity contribution in [3.63, 3.8) is 0 Å². The molecule has 0 saturated heterocycles. The maximum absolute atomic E-state index is 13.0. The summed E-state index contributed by atoms with van der Waals surface area (Å²) in [7, 11) is 0. The minimum Gasteiger partial charge on any atom is -0.376 e. The number of pyridine rings is 1. The molecule has 0 aliphatic heterocycles. The summed E-state index contributed by atoms with van der Waals surface area (Å²) in [5.41, 5.74) is 3.28. The van der Waals surface area contributed by atoms with Gasteiger partial charge in [0.25, 0.3) is 0 Å². The second-order valence-electron chi connectivity index (χ2n) is 5.25. The summed E-state index contributed by atoms with van der Waals surface area (Å²) in [4.78, 5) is 4.18. The molecule has 0 bridgehead atoms. The Bertz CT molecular complexity index is 549. The number of rotatable bonds is 5. The first-order valence-electron chi connectivity index (χ1n) is 7.08. The lowest BCUT2D eigenvalue weighted by molar-refractivity contribution is 0.614. The molecule has 0 amide bonds. The van der Waals surface area contributed by atoms with Gasteiger partial charge in [0.1, 0.15) is 5.82 Å². The molecule has 2 aromatic rings. The van der Waals surface area contributed by atoms with Gasteiger partial charge >= 0.3 is 0 Å². The summed E-state index contributed by atoms with van der Waals surface area (Å²) in [6, 6.07) is 11.6. The van der Waals surface area contributed by atoms with Gasteiger partial charge in [0, 0.05) is 5.69 Å². The van der Waals surface area contributed by atoms with Crippen LogP contribution >= 0.6 is 0 Å². The fourth-order valence-electron chi connectivity index (χ4n) is 2.30. The number of hydrogen-bond donors (Lipinski definition) is 1. The number of anilines is 1. The van der Waals surface area contributed by atoms with Gasteiger partial charge in [-0.15, -0.1) is 0 Å². The van der Waals surface area contributed by atoms with Gasteiger partial charge in [0.05, 0.1) is 17.9 Å². The van der Waals surface area contributed by atoms with Crippen molar-refractivity contribution < 1.29 is 4.39 Å². The summed E-state index contributed by atoms with van der Waals surface area (Å²) in [6.45, 7) is 6.45.